The molecule has 0 bridgehead atoms. The number of para-hydroxylation sites is 1. The summed E-state index contributed by atoms with van der Waals surface area (Å²) in [6, 6.07) is 24.7. The molecule has 4 heteroatoms. The number of nitrogens with one attached hydrogen (secondary N) is 2. The number of hydrogen-bond acceptors (Lipinski definition) is 2. The van der Waals surface area contributed by atoms with Crippen LogP contribution in [0.25, 0.3) is 11.0 Å². The lowest BCUT2D eigenvalue weighted by Gasteiger charge is -2.26. The van der Waals surface area contributed by atoms with Crippen LogP contribution in [-0.2, 0) is 6.42 Å². The van der Waals surface area contributed by atoms with Gasteiger partial charge in [-0.05, 0) is 60.7 Å². The van der Waals surface area contributed by atoms with E-state index in [0.717, 1.165) is 41.7 Å². The molecule has 0 fully saturated rings. The monoisotopic (exact) mass is 355 g/mol. The predicted octanol–water partition coefficient (Wildman–Crippen LogP) is 5.00. The van der Waals surface area contributed by atoms with Crippen molar-refractivity contribution in [2.75, 3.05) is 5.32 Å². The highest BCUT2D eigenvalue weighted by molar-refractivity contribution is 5.81. The van der Waals surface area contributed by atoms with Crippen LogP contribution in [0.3, 0.4) is 0 Å². The van der Waals surface area contributed by atoms with Crippen molar-refractivity contribution in [3.05, 3.63) is 94.4 Å². The number of nitrogens with zero attached hydrogens (tertiary/aromatic N) is 1. The van der Waals surface area contributed by atoms with Crippen LogP contribution in [0.15, 0.2) is 77.6 Å². The van der Waals surface area contributed by atoms with Gasteiger partial charge in [-0.1, -0.05) is 42.5 Å². The molecule has 1 aliphatic carbocycles. The number of aromatic nitrogens is 2. The maximum absolute atomic E-state index is 12.8. The molecular weight excluding hydrogens is 334 g/mol. The Morgan fingerprint density at radius 1 is 0.926 bits per heavy atom. The molecule has 5 rings (SSSR count). The Bertz CT molecular complexity index is 1160. The molecule has 1 heterocycles. The fourth-order valence-corrected chi connectivity index (χ4v) is 4.20. The maximum Gasteiger partial charge on any atom is 0.327 e. The Balaban J connectivity index is 1.57. The molecule has 27 heavy (non-hydrogen) atoms. The molecular formula is C23H21N3O. The first-order chi connectivity index (χ1) is 13.3. The van der Waals surface area contributed by atoms with Gasteiger partial charge in [0.05, 0.1) is 17.1 Å². The van der Waals surface area contributed by atoms with Gasteiger partial charge in [0, 0.05) is 11.4 Å². The van der Waals surface area contributed by atoms with Crippen molar-refractivity contribution in [1.82, 2.24) is 9.55 Å². The maximum atomic E-state index is 12.8. The Morgan fingerprint density at radius 3 is 2.63 bits per heavy atom. The highest BCUT2D eigenvalue weighted by Gasteiger charge is 2.24. The van der Waals surface area contributed by atoms with Gasteiger partial charge in [-0.2, -0.15) is 0 Å². The third kappa shape index (κ3) is 2.83. The number of imidazole rings is 1. The van der Waals surface area contributed by atoms with Gasteiger partial charge in [0.25, 0.3) is 0 Å². The fourth-order valence-electron chi connectivity index (χ4n) is 4.20. The van der Waals surface area contributed by atoms with Gasteiger partial charge < -0.3 is 10.3 Å². The normalized spacial score (nSPS) is 16.2. The second-order valence-electron chi connectivity index (χ2n) is 7.13. The molecule has 134 valence electrons. The summed E-state index contributed by atoms with van der Waals surface area (Å²) in [6.07, 6.45) is 3.19. The number of H-pyrrole nitrogens is 1. The number of benzene rings is 3. The zero-order chi connectivity index (χ0) is 18.2. The summed E-state index contributed by atoms with van der Waals surface area (Å²) in [5, 5.41) is 3.39. The van der Waals surface area contributed by atoms with Crippen LogP contribution >= 0.6 is 0 Å². The minimum absolute atomic E-state index is 0.0384. The van der Waals surface area contributed by atoms with E-state index in [1.807, 2.05) is 53.1 Å². The molecule has 4 nitrogen and oxygen atoms in total. The van der Waals surface area contributed by atoms with Crippen LogP contribution in [-0.4, -0.2) is 9.55 Å². The molecule has 0 saturated carbocycles. The van der Waals surface area contributed by atoms with Crippen molar-refractivity contribution in [2.45, 2.75) is 25.3 Å². The second-order valence-corrected chi connectivity index (χ2v) is 7.13. The van der Waals surface area contributed by atoms with Gasteiger partial charge in [-0.3, -0.25) is 4.57 Å². The number of aromatic amines is 1. The molecule has 4 aromatic rings. The summed E-state index contributed by atoms with van der Waals surface area (Å²) in [6.45, 7) is 0. The van der Waals surface area contributed by atoms with E-state index in [1.54, 1.807) is 0 Å². The zero-order valence-corrected chi connectivity index (χ0v) is 15.0. The Labute approximate surface area is 157 Å². The average molecular weight is 355 g/mol. The lowest BCUT2D eigenvalue weighted by atomic mass is 9.87. The van der Waals surface area contributed by atoms with Crippen molar-refractivity contribution in [1.29, 1.82) is 0 Å². The lowest BCUT2D eigenvalue weighted by molar-refractivity contribution is 0.489. The zero-order valence-electron chi connectivity index (χ0n) is 15.0. The van der Waals surface area contributed by atoms with E-state index >= 15 is 0 Å². The molecule has 0 spiro atoms. The molecule has 2 N–H and O–H groups in total. The molecule has 0 radical (unpaired) electrons. The molecule has 1 aliphatic rings. The first-order valence-corrected chi connectivity index (χ1v) is 9.44. The van der Waals surface area contributed by atoms with Crippen LogP contribution in [0.4, 0.5) is 11.4 Å². The molecule has 3 aromatic carbocycles. The van der Waals surface area contributed by atoms with Crippen molar-refractivity contribution < 1.29 is 0 Å². The summed E-state index contributed by atoms with van der Waals surface area (Å²) in [5.74, 6) is 0. The third-order valence-electron chi connectivity index (χ3n) is 5.43. The van der Waals surface area contributed by atoms with E-state index in [4.69, 9.17) is 0 Å². The quantitative estimate of drug-likeness (QED) is 0.543. The van der Waals surface area contributed by atoms with Crippen molar-refractivity contribution >= 4 is 22.4 Å². The van der Waals surface area contributed by atoms with Gasteiger partial charge >= 0.3 is 5.69 Å². The molecule has 1 aromatic heterocycles. The van der Waals surface area contributed by atoms with E-state index in [-0.39, 0.29) is 11.7 Å². The van der Waals surface area contributed by atoms with E-state index in [9.17, 15) is 4.79 Å². The van der Waals surface area contributed by atoms with Crippen LogP contribution in [0.2, 0.25) is 0 Å². The fraction of sp³-hybridized carbons (Fsp3) is 0.174. The number of rotatable bonds is 3. The van der Waals surface area contributed by atoms with E-state index < -0.39 is 0 Å². The van der Waals surface area contributed by atoms with Gasteiger partial charge in [-0.15, -0.1) is 0 Å². The Kier molecular flexibility index (Phi) is 3.82. The summed E-state index contributed by atoms with van der Waals surface area (Å²) < 4.78 is 1.93. The van der Waals surface area contributed by atoms with Gasteiger partial charge in [0.15, 0.2) is 0 Å². The minimum Gasteiger partial charge on any atom is -0.355 e. The molecule has 0 aliphatic heterocycles. The Morgan fingerprint density at radius 2 is 1.74 bits per heavy atom. The van der Waals surface area contributed by atoms with E-state index in [2.05, 4.69) is 34.6 Å². The van der Waals surface area contributed by atoms with Gasteiger partial charge in [0.1, 0.15) is 0 Å². The SMILES string of the molecule is O=c1[nH]c2cc(Nc3ccccc3)ccc2n1C1CCCc2ccccc21. The summed E-state index contributed by atoms with van der Waals surface area (Å²) >= 11 is 0. The number of aryl methyl sites for hydroxylation is 1. The molecule has 1 atom stereocenters. The van der Waals surface area contributed by atoms with Crippen LogP contribution in [0, 0.1) is 0 Å². The largest absolute Gasteiger partial charge is 0.355 e. The number of fused-ring (bicyclic) bond motifs is 2. The molecule has 0 amide bonds. The lowest BCUT2D eigenvalue weighted by Crippen LogP contribution is -2.26. The second kappa shape index (κ2) is 6.47. The molecule has 0 saturated heterocycles. The van der Waals surface area contributed by atoms with E-state index in [0.29, 0.717) is 0 Å². The topological polar surface area (TPSA) is 49.8 Å². The van der Waals surface area contributed by atoms with Crippen molar-refractivity contribution in [3.63, 3.8) is 0 Å². The summed E-state index contributed by atoms with van der Waals surface area (Å²) in [4.78, 5) is 15.9. The first kappa shape index (κ1) is 15.9. The number of hydrogen-bond donors (Lipinski definition) is 2. The van der Waals surface area contributed by atoms with Gasteiger partial charge in [0.2, 0.25) is 0 Å². The predicted molar refractivity (Wildman–Crippen MR) is 110 cm³/mol. The summed E-state index contributed by atoms with van der Waals surface area (Å²) in [5.41, 5.74) is 6.41. The summed E-state index contributed by atoms with van der Waals surface area (Å²) in [7, 11) is 0. The van der Waals surface area contributed by atoms with Crippen molar-refractivity contribution in [3.8, 4) is 0 Å². The van der Waals surface area contributed by atoms with Crippen LogP contribution in [0.1, 0.15) is 30.0 Å². The van der Waals surface area contributed by atoms with Gasteiger partial charge in [-0.25, -0.2) is 4.79 Å². The average Bonchev–Trinajstić information content (AvgIpc) is 3.03. The standard InChI is InChI=1S/C23H21N3O/c27-23-25-20-15-18(24-17-9-2-1-3-10-17)13-14-22(20)26(23)21-12-6-8-16-7-4-5-11-19(16)21/h1-5,7,9-11,13-15,21,24H,6,8,12H2,(H,25,27). The number of anilines is 2. The third-order valence-corrected chi connectivity index (χ3v) is 5.43. The highest BCUT2D eigenvalue weighted by Crippen LogP contribution is 2.34. The minimum atomic E-state index is -0.0384. The Hall–Kier alpha value is -3.27. The smallest absolute Gasteiger partial charge is 0.327 e. The highest BCUT2D eigenvalue weighted by atomic mass is 16.1. The van der Waals surface area contributed by atoms with Crippen LogP contribution in [0.5, 0.6) is 0 Å². The first-order valence-electron chi connectivity index (χ1n) is 9.44. The van der Waals surface area contributed by atoms with Crippen LogP contribution < -0.4 is 11.0 Å². The van der Waals surface area contributed by atoms with E-state index in [1.165, 1.54) is 11.1 Å². The van der Waals surface area contributed by atoms with Crippen molar-refractivity contribution in [2.24, 2.45) is 0 Å². The molecule has 1 unspecified atom stereocenters.